The Labute approximate surface area is 125 Å². The predicted octanol–water partition coefficient (Wildman–Crippen LogP) is 1.52. The summed E-state index contributed by atoms with van der Waals surface area (Å²) in [6, 6.07) is 3.21. The van der Waals surface area contributed by atoms with Crippen LogP contribution in [0.5, 0.6) is 0 Å². The molecule has 1 aliphatic carbocycles. The minimum Gasteiger partial charge on any atom is -0.388 e. The molecule has 0 atom stereocenters. The second-order valence-corrected chi connectivity index (χ2v) is 7.77. The number of hydrogen-bond donors (Lipinski definition) is 1. The maximum Gasteiger partial charge on any atom is 0.244 e. The molecule has 1 aliphatic rings. The molecule has 2 rings (SSSR count). The Balaban J connectivity index is 2.29. The molecule has 110 valence electrons. The average Bonchev–Trinajstić information content (AvgIpc) is 3.20. The third kappa shape index (κ3) is 3.34. The molecule has 0 radical (unpaired) electrons. The van der Waals surface area contributed by atoms with E-state index in [1.54, 1.807) is 10.4 Å². The van der Waals surface area contributed by atoms with E-state index in [9.17, 15) is 8.42 Å². The van der Waals surface area contributed by atoms with Crippen LogP contribution in [0.1, 0.15) is 32.4 Å². The summed E-state index contributed by atoms with van der Waals surface area (Å²) in [6.45, 7) is 4.56. The largest absolute Gasteiger partial charge is 0.388 e. The minimum absolute atomic E-state index is 0.137. The molecule has 0 aliphatic heterocycles. The molecule has 0 unspecified atom stereocenters. The van der Waals surface area contributed by atoms with Crippen LogP contribution < -0.4 is 5.73 Å². The van der Waals surface area contributed by atoms with Crippen LogP contribution in [-0.2, 0) is 10.0 Å². The van der Waals surface area contributed by atoms with Crippen LogP contribution in [0.3, 0.4) is 0 Å². The minimum atomic E-state index is -3.49. The van der Waals surface area contributed by atoms with Gasteiger partial charge < -0.3 is 5.73 Å². The molecule has 1 saturated carbocycles. The van der Waals surface area contributed by atoms with Crippen molar-refractivity contribution in [3.05, 3.63) is 24.0 Å². The van der Waals surface area contributed by atoms with Gasteiger partial charge in [0.1, 0.15) is 9.88 Å². The van der Waals surface area contributed by atoms with E-state index in [2.05, 4.69) is 4.98 Å². The van der Waals surface area contributed by atoms with Crippen molar-refractivity contribution in [2.75, 3.05) is 6.54 Å². The van der Waals surface area contributed by atoms with Crippen LogP contribution >= 0.6 is 12.2 Å². The maximum atomic E-state index is 12.7. The van der Waals surface area contributed by atoms with Crippen LogP contribution in [0, 0.1) is 5.92 Å². The van der Waals surface area contributed by atoms with Gasteiger partial charge in [-0.05, 0) is 30.9 Å². The Morgan fingerprint density at radius 2 is 2.15 bits per heavy atom. The van der Waals surface area contributed by atoms with E-state index in [1.807, 2.05) is 13.8 Å². The number of nitrogens with two attached hydrogens (primary N) is 1. The van der Waals surface area contributed by atoms with Gasteiger partial charge >= 0.3 is 0 Å². The summed E-state index contributed by atoms with van der Waals surface area (Å²) < 4.78 is 26.9. The van der Waals surface area contributed by atoms with E-state index in [4.69, 9.17) is 18.0 Å². The van der Waals surface area contributed by atoms with E-state index >= 15 is 0 Å². The first-order valence-corrected chi connectivity index (χ1v) is 8.45. The van der Waals surface area contributed by atoms with E-state index in [0.29, 0.717) is 12.2 Å². The third-order valence-electron chi connectivity index (χ3n) is 3.09. The summed E-state index contributed by atoms with van der Waals surface area (Å²) in [5.74, 6) is 0.286. The zero-order chi connectivity index (χ0) is 14.9. The fourth-order valence-corrected chi connectivity index (χ4v) is 3.90. The highest BCUT2D eigenvalue weighted by Gasteiger charge is 2.38. The molecule has 0 saturated heterocycles. The Morgan fingerprint density at radius 3 is 2.55 bits per heavy atom. The highest BCUT2D eigenvalue weighted by molar-refractivity contribution is 7.89. The lowest BCUT2D eigenvalue weighted by Crippen LogP contribution is -2.36. The van der Waals surface area contributed by atoms with Gasteiger partial charge in [0.15, 0.2) is 0 Å². The number of rotatable bonds is 6. The lowest BCUT2D eigenvalue weighted by Gasteiger charge is -2.23. The van der Waals surface area contributed by atoms with Gasteiger partial charge in [0.25, 0.3) is 0 Å². The van der Waals surface area contributed by atoms with Gasteiger partial charge in [0.05, 0.1) is 5.69 Å². The summed E-state index contributed by atoms with van der Waals surface area (Å²) in [7, 11) is -3.49. The molecule has 5 nitrogen and oxygen atoms in total. The number of sulfonamides is 1. The molecule has 0 amide bonds. The molecule has 7 heteroatoms. The van der Waals surface area contributed by atoms with Crippen LogP contribution in [-0.4, -0.2) is 35.3 Å². The van der Waals surface area contributed by atoms with Crippen molar-refractivity contribution < 1.29 is 8.42 Å². The van der Waals surface area contributed by atoms with Gasteiger partial charge in [0, 0.05) is 18.8 Å². The summed E-state index contributed by atoms with van der Waals surface area (Å²) in [4.78, 5) is 4.38. The number of hydrogen-bond acceptors (Lipinski definition) is 4. The molecule has 0 bridgehead atoms. The van der Waals surface area contributed by atoms with Gasteiger partial charge in [-0.25, -0.2) is 8.42 Å². The standard InChI is InChI=1S/C13H19N3O2S2/c1-9(2)8-16(10-3-4-10)20(17,18)11-5-6-12(13(14)19)15-7-11/h5-7,9-10H,3-4,8H2,1-2H3,(H2,14,19). The first-order chi connectivity index (χ1) is 9.32. The number of thiocarbonyl (C=S) groups is 1. The molecule has 2 N–H and O–H groups in total. The first-order valence-electron chi connectivity index (χ1n) is 6.60. The number of nitrogens with zero attached hydrogens (tertiary/aromatic N) is 2. The highest BCUT2D eigenvalue weighted by Crippen LogP contribution is 2.32. The summed E-state index contributed by atoms with van der Waals surface area (Å²) >= 11 is 4.81. The van der Waals surface area contributed by atoms with Crippen molar-refractivity contribution in [1.29, 1.82) is 0 Å². The molecular weight excluding hydrogens is 294 g/mol. The van der Waals surface area contributed by atoms with Crippen molar-refractivity contribution in [2.24, 2.45) is 11.7 Å². The molecule has 1 fully saturated rings. The summed E-state index contributed by atoms with van der Waals surface area (Å²) in [5, 5.41) is 0. The molecule has 0 aromatic carbocycles. The zero-order valence-electron chi connectivity index (χ0n) is 11.6. The quantitative estimate of drug-likeness (QED) is 0.806. The lowest BCUT2D eigenvalue weighted by molar-refractivity contribution is 0.360. The second kappa shape index (κ2) is 5.75. The van der Waals surface area contributed by atoms with Crippen molar-refractivity contribution in [3.63, 3.8) is 0 Å². The fraction of sp³-hybridized carbons (Fsp3) is 0.538. The molecule has 1 aromatic heterocycles. The van der Waals surface area contributed by atoms with Gasteiger partial charge in [-0.2, -0.15) is 4.31 Å². The number of aromatic nitrogens is 1. The van der Waals surface area contributed by atoms with Crippen LogP contribution in [0.2, 0.25) is 0 Å². The van der Waals surface area contributed by atoms with Crippen molar-refractivity contribution >= 4 is 27.2 Å². The maximum absolute atomic E-state index is 12.7. The topological polar surface area (TPSA) is 76.3 Å². The van der Waals surface area contributed by atoms with E-state index in [-0.39, 0.29) is 21.8 Å². The SMILES string of the molecule is CC(C)CN(C1CC1)S(=O)(=O)c1ccc(C(N)=S)nc1. The monoisotopic (exact) mass is 313 g/mol. The summed E-state index contributed by atoms with van der Waals surface area (Å²) in [6.07, 6.45) is 3.20. The Kier molecular flexibility index (Phi) is 4.41. The van der Waals surface area contributed by atoms with Gasteiger partial charge in [-0.15, -0.1) is 0 Å². The Morgan fingerprint density at radius 1 is 1.50 bits per heavy atom. The third-order valence-corrected chi connectivity index (χ3v) is 5.21. The van der Waals surface area contributed by atoms with E-state index in [1.165, 1.54) is 12.3 Å². The zero-order valence-corrected chi connectivity index (χ0v) is 13.2. The predicted molar refractivity (Wildman–Crippen MR) is 81.9 cm³/mol. The normalized spacial score (nSPS) is 15.8. The first kappa shape index (κ1) is 15.3. The number of pyridine rings is 1. The van der Waals surface area contributed by atoms with E-state index in [0.717, 1.165) is 12.8 Å². The van der Waals surface area contributed by atoms with Crippen molar-refractivity contribution in [3.8, 4) is 0 Å². The molecule has 1 aromatic rings. The Bertz CT molecular complexity index is 593. The van der Waals surface area contributed by atoms with Crippen molar-refractivity contribution in [1.82, 2.24) is 9.29 Å². The van der Waals surface area contributed by atoms with Crippen LogP contribution in [0.4, 0.5) is 0 Å². The van der Waals surface area contributed by atoms with Crippen LogP contribution in [0.25, 0.3) is 0 Å². The van der Waals surface area contributed by atoms with Gasteiger partial charge in [-0.1, -0.05) is 26.1 Å². The lowest BCUT2D eigenvalue weighted by atomic mass is 10.2. The molecule has 1 heterocycles. The van der Waals surface area contributed by atoms with Crippen LogP contribution in [0.15, 0.2) is 23.2 Å². The smallest absolute Gasteiger partial charge is 0.244 e. The Hall–Kier alpha value is -1.05. The molecular formula is C13H19N3O2S2. The van der Waals surface area contributed by atoms with Gasteiger partial charge in [-0.3, -0.25) is 4.98 Å². The van der Waals surface area contributed by atoms with Gasteiger partial charge in [0.2, 0.25) is 10.0 Å². The summed E-state index contributed by atoms with van der Waals surface area (Å²) in [5.41, 5.74) is 5.90. The molecule has 20 heavy (non-hydrogen) atoms. The van der Waals surface area contributed by atoms with E-state index < -0.39 is 10.0 Å². The van der Waals surface area contributed by atoms with Crippen molar-refractivity contribution in [2.45, 2.75) is 37.6 Å². The highest BCUT2D eigenvalue weighted by atomic mass is 32.2. The second-order valence-electron chi connectivity index (χ2n) is 5.44. The molecule has 0 spiro atoms. The fourth-order valence-electron chi connectivity index (χ4n) is 1.98. The average molecular weight is 313 g/mol.